The number of ether oxygens (including phenoxy) is 2. The molecule has 70 heavy (non-hydrogen) atoms. The molecular weight excluding hydrogens is 1010 g/mol. The van der Waals surface area contributed by atoms with Crippen LogP contribution in [0.4, 0.5) is 34.1 Å². The van der Waals surface area contributed by atoms with Crippen LogP contribution < -0.4 is 30.7 Å². The molecule has 5 rings (SSSR count). The van der Waals surface area contributed by atoms with E-state index in [1.165, 1.54) is 54.6 Å². The van der Waals surface area contributed by atoms with Crippen LogP contribution >= 0.6 is 58.0 Å². The highest BCUT2D eigenvalue weighted by Crippen LogP contribution is 2.34. The van der Waals surface area contributed by atoms with Gasteiger partial charge in [-0.15, -0.1) is 34.8 Å². The normalized spacial score (nSPS) is 12.0. The summed E-state index contributed by atoms with van der Waals surface area (Å²) in [7, 11) is 0. The number of ketones is 2. The van der Waals surface area contributed by atoms with E-state index < -0.39 is 47.3 Å². The lowest BCUT2D eigenvalue weighted by Gasteiger charge is -2.16. The van der Waals surface area contributed by atoms with Gasteiger partial charge in [-0.05, 0) is 124 Å². The first-order valence-electron chi connectivity index (χ1n) is 21.6. The van der Waals surface area contributed by atoms with Gasteiger partial charge in [0.1, 0.15) is 22.9 Å². The number of Topliss-reactive ketones (excluding diaryl/α,β-unsaturated/α-hetero) is 2. The number of para-hydroxylation sites is 2. The average Bonchev–Trinajstić information content (AvgIpc) is 3.32. The number of hydrogen-bond donors (Lipinski definition) is 4. The second-order valence-corrected chi connectivity index (χ2v) is 16.8. The molecule has 0 saturated heterocycles. The van der Waals surface area contributed by atoms with Crippen molar-refractivity contribution in [2.75, 3.05) is 46.2 Å². The van der Waals surface area contributed by atoms with Gasteiger partial charge in [0.2, 0.25) is 12.1 Å². The van der Waals surface area contributed by atoms with Gasteiger partial charge in [0.25, 0.3) is 23.6 Å². The largest absolute Gasteiger partial charge is 0.492 e. The summed E-state index contributed by atoms with van der Waals surface area (Å²) in [5.41, 5.74) is 3.45. The fourth-order valence-electron chi connectivity index (χ4n) is 6.63. The number of carbonyl (C=O) groups is 6. The molecule has 2 atom stereocenters. The van der Waals surface area contributed by atoms with E-state index in [0.29, 0.717) is 66.3 Å². The second kappa shape index (κ2) is 26.5. The van der Waals surface area contributed by atoms with Crippen molar-refractivity contribution in [3.8, 4) is 11.5 Å². The number of carbonyl (C=O) groups excluding carboxylic acids is 6. The summed E-state index contributed by atoms with van der Waals surface area (Å²) in [6.45, 7) is 6.67. The molecule has 0 bridgehead atoms. The van der Waals surface area contributed by atoms with Gasteiger partial charge in [-0.3, -0.25) is 28.8 Å². The monoisotopic (exact) mass is 1050 g/mol. The van der Waals surface area contributed by atoms with Gasteiger partial charge in [0.05, 0.1) is 34.6 Å². The molecule has 2 unspecified atom stereocenters. The van der Waals surface area contributed by atoms with E-state index in [4.69, 9.17) is 67.5 Å². The Morgan fingerprint density at radius 1 is 0.557 bits per heavy atom. The van der Waals surface area contributed by atoms with Crippen molar-refractivity contribution in [1.82, 2.24) is 0 Å². The third-order valence-electron chi connectivity index (χ3n) is 10.0. The molecule has 366 valence electrons. The summed E-state index contributed by atoms with van der Waals surface area (Å²) < 4.78 is 11.4. The molecule has 0 aliphatic carbocycles. The van der Waals surface area contributed by atoms with Crippen LogP contribution in [-0.2, 0) is 37.9 Å². The average molecular weight is 1050 g/mol. The van der Waals surface area contributed by atoms with Gasteiger partial charge in [0, 0.05) is 40.1 Å². The van der Waals surface area contributed by atoms with Crippen LogP contribution in [-0.4, -0.2) is 72.3 Å². The van der Waals surface area contributed by atoms with Gasteiger partial charge < -0.3 is 30.7 Å². The molecule has 0 aromatic heterocycles. The standard InChI is InChI=1S/C49H47Cl5N8O8/c1-5-69-40-11-7-9-29(19-21-50)44(40)57-46(65)31-13-16-35(53)38(24-31)59-61-42(27(3)63)48(67)55-34-15-18-37(33(23-34)26-52)56-49(68)43(28(4)64)62-60-39-25-32(14-17-36(39)54)47(66)58-45-30(20-22-51)10-8-12-41(45)70-6-2/h7-18,23-25,42-43H,5-6,19-22,26H2,1-4H3,(H,55,67)(H,56,68)(H,57,65)(H,58,66). The first-order chi connectivity index (χ1) is 33.6. The van der Waals surface area contributed by atoms with Crippen LogP contribution in [0, 0.1) is 0 Å². The summed E-state index contributed by atoms with van der Waals surface area (Å²) in [6.07, 6.45) is 0.942. The third kappa shape index (κ3) is 14.6. The number of benzene rings is 5. The van der Waals surface area contributed by atoms with Gasteiger partial charge >= 0.3 is 0 Å². The molecule has 0 spiro atoms. The van der Waals surface area contributed by atoms with Gasteiger partial charge in [-0.25, -0.2) is 0 Å². The zero-order valence-electron chi connectivity index (χ0n) is 38.2. The number of nitrogens with zero attached hydrogens (tertiary/aromatic N) is 4. The maximum atomic E-state index is 13.5. The minimum Gasteiger partial charge on any atom is -0.492 e. The summed E-state index contributed by atoms with van der Waals surface area (Å²) in [6, 6.07) is 20.2. The highest BCUT2D eigenvalue weighted by atomic mass is 35.5. The van der Waals surface area contributed by atoms with Gasteiger partial charge in [0.15, 0.2) is 11.6 Å². The first kappa shape index (κ1) is 54.5. The smallest absolute Gasteiger partial charge is 0.258 e. The van der Waals surface area contributed by atoms with Crippen molar-refractivity contribution in [1.29, 1.82) is 0 Å². The Labute approximate surface area is 428 Å². The predicted octanol–water partition coefficient (Wildman–Crippen LogP) is 12.0. The van der Waals surface area contributed by atoms with E-state index >= 15 is 0 Å². The summed E-state index contributed by atoms with van der Waals surface area (Å²) in [5.74, 6) is -2.68. The summed E-state index contributed by atoms with van der Waals surface area (Å²) >= 11 is 31.1. The molecule has 0 saturated carbocycles. The van der Waals surface area contributed by atoms with Crippen LogP contribution in [0.5, 0.6) is 11.5 Å². The molecule has 5 aromatic carbocycles. The van der Waals surface area contributed by atoms with Crippen molar-refractivity contribution >= 4 is 127 Å². The Morgan fingerprint density at radius 3 is 1.43 bits per heavy atom. The van der Waals surface area contributed by atoms with E-state index in [-0.39, 0.29) is 49.8 Å². The molecule has 16 nitrogen and oxygen atoms in total. The Hall–Kier alpha value is -6.43. The van der Waals surface area contributed by atoms with Gasteiger partial charge in [-0.1, -0.05) is 47.5 Å². The fraction of sp³-hybridized carbons (Fsp3) is 0.265. The zero-order valence-corrected chi connectivity index (χ0v) is 42.0. The second-order valence-electron chi connectivity index (χ2n) is 15.0. The zero-order chi connectivity index (χ0) is 50.9. The molecular formula is C49H47Cl5N8O8. The lowest BCUT2D eigenvalue weighted by molar-refractivity contribution is -0.127. The molecule has 0 aliphatic rings. The van der Waals surface area contributed by atoms with E-state index in [9.17, 15) is 28.8 Å². The van der Waals surface area contributed by atoms with Crippen molar-refractivity contribution in [3.05, 3.63) is 129 Å². The third-order valence-corrected chi connectivity index (χ3v) is 11.4. The number of rotatable bonds is 23. The Morgan fingerprint density at radius 2 is 1.01 bits per heavy atom. The highest BCUT2D eigenvalue weighted by molar-refractivity contribution is 6.33. The molecule has 4 N–H and O–H groups in total. The number of alkyl halides is 3. The first-order valence-corrected chi connectivity index (χ1v) is 23.9. The maximum absolute atomic E-state index is 13.5. The molecule has 5 aromatic rings. The number of anilines is 4. The Balaban J connectivity index is 1.28. The van der Waals surface area contributed by atoms with Crippen molar-refractivity contribution in [2.24, 2.45) is 20.5 Å². The number of aryl methyl sites for hydroxylation is 2. The van der Waals surface area contributed by atoms with Crippen LogP contribution in [0.3, 0.4) is 0 Å². The topological polar surface area (TPSA) is 218 Å². The quantitative estimate of drug-likeness (QED) is 0.0279. The number of halogens is 5. The Kier molecular flexibility index (Phi) is 20.7. The Bertz CT molecular complexity index is 2780. The molecule has 21 heteroatoms. The van der Waals surface area contributed by atoms with Crippen LogP contribution in [0.2, 0.25) is 10.0 Å². The maximum Gasteiger partial charge on any atom is 0.258 e. The molecule has 0 aliphatic heterocycles. The minimum atomic E-state index is -1.65. The lowest BCUT2D eigenvalue weighted by Crippen LogP contribution is -2.32. The number of azo groups is 2. The molecule has 0 fully saturated rings. The van der Waals surface area contributed by atoms with Gasteiger partial charge in [-0.2, -0.15) is 20.5 Å². The minimum absolute atomic E-state index is 0.00847. The fourth-order valence-corrected chi connectivity index (χ4v) is 7.57. The number of amides is 4. The number of hydrogen-bond acceptors (Lipinski definition) is 12. The predicted molar refractivity (Wildman–Crippen MR) is 274 cm³/mol. The molecule has 0 radical (unpaired) electrons. The summed E-state index contributed by atoms with van der Waals surface area (Å²) in [4.78, 5) is 79.3. The van der Waals surface area contributed by atoms with Crippen molar-refractivity contribution in [3.63, 3.8) is 0 Å². The van der Waals surface area contributed by atoms with Crippen LogP contribution in [0.1, 0.15) is 65.1 Å². The SMILES string of the molecule is CCOc1cccc(CCCl)c1NC(=O)c1ccc(Cl)c(N=NC(C(C)=O)C(=O)Nc2ccc(NC(=O)C(N=Nc3cc(C(=O)Nc4c(CCCl)cccc4OCC)ccc3Cl)C(C)=O)c(CCl)c2)c1. The van der Waals surface area contributed by atoms with E-state index in [1.54, 1.807) is 24.3 Å². The lowest BCUT2D eigenvalue weighted by atomic mass is 10.1. The van der Waals surface area contributed by atoms with E-state index in [2.05, 4.69) is 41.7 Å². The van der Waals surface area contributed by atoms with Crippen molar-refractivity contribution < 1.29 is 38.2 Å². The van der Waals surface area contributed by atoms with Crippen molar-refractivity contribution in [2.45, 2.75) is 58.5 Å². The van der Waals surface area contributed by atoms with Crippen LogP contribution in [0.15, 0.2) is 111 Å². The van der Waals surface area contributed by atoms with E-state index in [1.807, 2.05) is 26.0 Å². The molecule has 4 amide bonds. The molecule has 0 heterocycles. The highest BCUT2D eigenvalue weighted by Gasteiger charge is 2.27. The van der Waals surface area contributed by atoms with Crippen LogP contribution in [0.25, 0.3) is 0 Å². The van der Waals surface area contributed by atoms with E-state index in [0.717, 1.165) is 25.0 Å². The number of nitrogens with one attached hydrogen (secondary N) is 4. The summed E-state index contributed by atoms with van der Waals surface area (Å²) in [5, 5.41) is 27.3.